The monoisotopic (exact) mass is 444 g/mol. The van der Waals surface area contributed by atoms with Crippen molar-refractivity contribution >= 4 is 34.7 Å². The van der Waals surface area contributed by atoms with Crippen molar-refractivity contribution in [2.75, 3.05) is 11.9 Å². The highest BCUT2D eigenvalue weighted by Gasteiger charge is 2.39. The molecule has 0 aliphatic carbocycles. The van der Waals surface area contributed by atoms with Crippen molar-refractivity contribution in [1.29, 1.82) is 0 Å². The highest BCUT2D eigenvalue weighted by Crippen LogP contribution is 2.32. The standard InChI is InChI=1S/C27H25ClN2O2/c1-17-7-11-21(12-8-17)24-25(29-23-6-4-5-18(2)19(23)3)27(32)30(26(24)31)16-15-20-9-13-22(28)14-10-20/h4-14,29H,15-16H2,1-3H3. The van der Waals surface area contributed by atoms with Crippen LogP contribution in [0.25, 0.3) is 5.57 Å². The molecule has 1 aliphatic heterocycles. The van der Waals surface area contributed by atoms with Crippen LogP contribution in [0.5, 0.6) is 0 Å². The van der Waals surface area contributed by atoms with Crippen LogP contribution in [0.4, 0.5) is 5.69 Å². The number of benzene rings is 3. The lowest BCUT2D eigenvalue weighted by Gasteiger charge is -2.16. The Labute approximate surface area is 193 Å². The summed E-state index contributed by atoms with van der Waals surface area (Å²) in [6.45, 7) is 6.32. The van der Waals surface area contributed by atoms with Crippen molar-refractivity contribution in [3.8, 4) is 0 Å². The number of aryl methyl sites for hydroxylation is 2. The number of nitrogens with zero attached hydrogens (tertiary/aromatic N) is 1. The fraction of sp³-hybridized carbons (Fsp3) is 0.185. The van der Waals surface area contributed by atoms with Gasteiger partial charge in [0.1, 0.15) is 5.70 Å². The second-order valence-corrected chi connectivity index (χ2v) is 8.56. The molecule has 0 atom stereocenters. The molecule has 0 saturated heterocycles. The number of carbonyl (C=O) groups excluding carboxylic acids is 2. The summed E-state index contributed by atoms with van der Waals surface area (Å²) in [6, 6.07) is 21.0. The van der Waals surface area contributed by atoms with Crippen molar-refractivity contribution < 1.29 is 9.59 Å². The summed E-state index contributed by atoms with van der Waals surface area (Å²) in [7, 11) is 0. The van der Waals surface area contributed by atoms with Gasteiger partial charge in [0.15, 0.2) is 0 Å². The number of amides is 2. The molecule has 1 aliphatic rings. The third-order valence-corrected chi connectivity index (χ3v) is 6.16. The van der Waals surface area contributed by atoms with Gasteiger partial charge in [0.25, 0.3) is 11.8 Å². The summed E-state index contributed by atoms with van der Waals surface area (Å²) in [5.74, 6) is -0.582. The molecule has 0 spiro atoms. The van der Waals surface area contributed by atoms with E-state index in [0.717, 1.165) is 33.5 Å². The number of carbonyl (C=O) groups is 2. The van der Waals surface area contributed by atoms with Crippen LogP contribution in [-0.2, 0) is 16.0 Å². The van der Waals surface area contributed by atoms with Gasteiger partial charge in [-0.15, -0.1) is 0 Å². The zero-order chi connectivity index (χ0) is 22.8. The number of rotatable bonds is 6. The van der Waals surface area contributed by atoms with Gasteiger partial charge in [-0.3, -0.25) is 14.5 Å². The summed E-state index contributed by atoms with van der Waals surface area (Å²) in [5, 5.41) is 3.94. The number of halogens is 1. The average Bonchev–Trinajstić information content (AvgIpc) is 3.01. The molecular formula is C27H25ClN2O2. The first-order chi connectivity index (χ1) is 15.3. The largest absolute Gasteiger partial charge is 0.350 e. The van der Waals surface area contributed by atoms with Crippen LogP contribution in [0.3, 0.4) is 0 Å². The summed E-state index contributed by atoms with van der Waals surface area (Å²) in [6.07, 6.45) is 0.562. The maximum Gasteiger partial charge on any atom is 0.278 e. The van der Waals surface area contributed by atoms with Crippen LogP contribution < -0.4 is 5.32 Å². The molecule has 0 unspecified atom stereocenters. The van der Waals surface area contributed by atoms with Crippen molar-refractivity contribution in [2.24, 2.45) is 0 Å². The number of nitrogens with one attached hydrogen (secondary N) is 1. The number of hydrogen-bond acceptors (Lipinski definition) is 3. The predicted octanol–water partition coefficient (Wildman–Crippen LogP) is 5.70. The van der Waals surface area contributed by atoms with Gasteiger partial charge in [0.2, 0.25) is 0 Å². The highest BCUT2D eigenvalue weighted by atomic mass is 35.5. The molecule has 3 aromatic carbocycles. The van der Waals surface area contributed by atoms with Crippen molar-refractivity contribution in [2.45, 2.75) is 27.2 Å². The van der Waals surface area contributed by atoms with E-state index in [0.29, 0.717) is 29.3 Å². The Morgan fingerprint density at radius 1 is 0.844 bits per heavy atom. The molecule has 4 nitrogen and oxygen atoms in total. The van der Waals surface area contributed by atoms with Crippen molar-refractivity contribution in [1.82, 2.24) is 4.90 Å². The molecule has 0 saturated carbocycles. The van der Waals surface area contributed by atoms with Gasteiger partial charge in [-0.25, -0.2) is 0 Å². The van der Waals surface area contributed by atoms with E-state index in [1.165, 1.54) is 4.90 Å². The van der Waals surface area contributed by atoms with E-state index in [1.807, 2.05) is 87.5 Å². The van der Waals surface area contributed by atoms with Crippen LogP contribution in [0, 0.1) is 20.8 Å². The lowest BCUT2D eigenvalue weighted by atomic mass is 10.0. The van der Waals surface area contributed by atoms with Crippen LogP contribution in [0.15, 0.2) is 72.4 Å². The third kappa shape index (κ3) is 4.32. The Hall–Kier alpha value is -3.37. The van der Waals surface area contributed by atoms with E-state index in [9.17, 15) is 9.59 Å². The number of anilines is 1. The molecule has 1 heterocycles. The molecule has 1 N–H and O–H groups in total. The normalized spacial score (nSPS) is 13.8. The molecule has 5 heteroatoms. The first-order valence-electron chi connectivity index (χ1n) is 10.6. The SMILES string of the molecule is Cc1ccc(C2=C(Nc3cccc(C)c3C)C(=O)N(CCc3ccc(Cl)cc3)C2=O)cc1. The number of hydrogen-bond donors (Lipinski definition) is 1. The molecule has 0 radical (unpaired) electrons. The summed E-state index contributed by atoms with van der Waals surface area (Å²) in [5.41, 5.74) is 6.56. The van der Waals surface area contributed by atoms with Crippen molar-refractivity contribution in [3.05, 3.63) is 105 Å². The molecule has 0 bridgehead atoms. The topological polar surface area (TPSA) is 49.4 Å². The van der Waals surface area contributed by atoms with Gasteiger partial charge in [0, 0.05) is 17.3 Å². The molecule has 3 aromatic rings. The molecule has 2 amide bonds. The summed E-state index contributed by atoms with van der Waals surface area (Å²) >= 11 is 5.97. The molecule has 162 valence electrons. The molecule has 4 rings (SSSR count). The van der Waals surface area contributed by atoms with Gasteiger partial charge < -0.3 is 5.32 Å². The first-order valence-corrected chi connectivity index (χ1v) is 11.0. The van der Waals surface area contributed by atoms with Gasteiger partial charge in [-0.05, 0) is 67.6 Å². The maximum absolute atomic E-state index is 13.4. The second kappa shape index (κ2) is 9.01. The lowest BCUT2D eigenvalue weighted by Crippen LogP contribution is -2.34. The van der Waals surface area contributed by atoms with Gasteiger partial charge in [0.05, 0.1) is 5.57 Å². The Balaban J connectivity index is 1.68. The Bertz CT molecular complexity index is 1210. The minimum atomic E-state index is -0.305. The van der Waals surface area contributed by atoms with Gasteiger partial charge in [-0.2, -0.15) is 0 Å². The van der Waals surface area contributed by atoms with E-state index in [2.05, 4.69) is 5.32 Å². The van der Waals surface area contributed by atoms with Crippen molar-refractivity contribution in [3.63, 3.8) is 0 Å². The van der Waals surface area contributed by atoms with Gasteiger partial charge >= 0.3 is 0 Å². The lowest BCUT2D eigenvalue weighted by molar-refractivity contribution is -0.136. The van der Waals surface area contributed by atoms with Crippen LogP contribution in [0.2, 0.25) is 5.02 Å². The van der Waals surface area contributed by atoms with Crippen LogP contribution >= 0.6 is 11.6 Å². The maximum atomic E-state index is 13.4. The van der Waals surface area contributed by atoms with Crippen LogP contribution in [0.1, 0.15) is 27.8 Å². The van der Waals surface area contributed by atoms with E-state index in [4.69, 9.17) is 11.6 Å². The minimum Gasteiger partial charge on any atom is -0.350 e. The Morgan fingerprint density at radius 3 is 2.22 bits per heavy atom. The van der Waals surface area contributed by atoms with E-state index < -0.39 is 0 Å². The van der Waals surface area contributed by atoms with E-state index >= 15 is 0 Å². The Kier molecular flexibility index (Phi) is 6.15. The van der Waals surface area contributed by atoms with Gasteiger partial charge in [-0.1, -0.05) is 65.7 Å². The third-order valence-electron chi connectivity index (χ3n) is 5.91. The average molecular weight is 445 g/mol. The highest BCUT2D eigenvalue weighted by molar-refractivity contribution is 6.36. The quantitative estimate of drug-likeness (QED) is 0.496. The van der Waals surface area contributed by atoms with E-state index in [1.54, 1.807) is 0 Å². The summed E-state index contributed by atoms with van der Waals surface area (Å²) < 4.78 is 0. The molecule has 0 fully saturated rings. The fourth-order valence-electron chi connectivity index (χ4n) is 3.80. The minimum absolute atomic E-state index is 0.277. The van der Waals surface area contributed by atoms with Crippen LogP contribution in [-0.4, -0.2) is 23.3 Å². The molecule has 32 heavy (non-hydrogen) atoms. The zero-order valence-corrected chi connectivity index (χ0v) is 19.2. The fourth-order valence-corrected chi connectivity index (χ4v) is 3.92. The summed E-state index contributed by atoms with van der Waals surface area (Å²) in [4.78, 5) is 28.2. The smallest absolute Gasteiger partial charge is 0.278 e. The second-order valence-electron chi connectivity index (χ2n) is 8.13. The van der Waals surface area contributed by atoms with E-state index in [-0.39, 0.29) is 11.8 Å². The molecular weight excluding hydrogens is 420 g/mol. The Morgan fingerprint density at radius 2 is 1.53 bits per heavy atom. The zero-order valence-electron chi connectivity index (χ0n) is 18.4. The number of imide groups is 1. The first kappa shape index (κ1) is 21.8. The predicted molar refractivity (Wildman–Crippen MR) is 130 cm³/mol. The molecule has 0 aromatic heterocycles.